The highest BCUT2D eigenvalue weighted by atomic mass is 32.1. The Morgan fingerprint density at radius 1 is 1.27 bits per heavy atom. The molecule has 9 nitrogen and oxygen atoms in total. The third kappa shape index (κ3) is 6.16. The van der Waals surface area contributed by atoms with Crippen LogP contribution in [0, 0.1) is 23.2 Å². The van der Waals surface area contributed by atoms with Crippen molar-refractivity contribution in [2.45, 2.75) is 19.3 Å². The fourth-order valence-corrected chi connectivity index (χ4v) is 3.88. The molecule has 1 saturated carbocycles. The lowest BCUT2D eigenvalue weighted by atomic mass is 9.97. The Morgan fingerprint density at radius 3 is 2.70 bits per heavy atom. The summed E-state index contributed by atoms with van der Waals surface area (Å²) in [6.07, 6.45) is 2.85. The van der Waals surface area contributed by atoms with E-state index in [2.05, 4.69) is 37.3 Å². The molecule has 0 aromatic carbocycles. The van der Waals surface area contributed by atoms with Crippen molar-refractivity contribution in [3.05, 3.63) is 52.7 Å². The molecule has 0 unspecified atom stereocenters. The number of methoxy groups -OCH3 is 1. The van der Waals surface area contributed by atoms with Gasteiger partial charge in [-0.3, -0.25) is 25.5 Å². The van der Waals surface area contributed by atoms with Crippen LogP contribution in [0.4, 0.5) is 18.3 Å². The number of nitrogens with two attached hydrogens (primary N) is 1. The maximum absolute atomic E-state index is 14.0. The third-order valence-electron chi connectivity index (χ3n) is 5.22. The topological polar surface area (TPSA) is 130 Å². The summed E-state index contributed by atoms with van der Waals surface area (Å²) >= 11 is 1.09. The number of rotatable bonds is 8. The number of hydrogen-bond donors (Lipinski definition) is 3. The van der Waals surface area contributed by atoms with Crippen LogP contribution >= 0.6 is 11.3 Å². The molecular formula is C24H21F3N7O2S+. The summed E-state index contributed by atoms with van der Waals surface area (Å²) in [5.74, 6) is 4.55. The van der Waals surface area contributed by atoms with Crippen LogP contribution in [-0.2, 0) is 0 Å². The molecule has 0 saturated heterocycles. The third-order valence-corrected chi connectivity index (χ3v) is 5.98. The van der Waals surface area contributed by atoms with Gasteiger partial charge in [-0.15, -0.1) is 10.2 Å². The van der Waals surface area contributed by atoms with Crippen LogP contribution in [0.1, 0.15) is 46.0 Å². The van der Waals surface area contributed by atoms with Gasteiger partial charge < -0.3 is 10.1 Å². The first-order valence-corrected chi connectivity index (χ1v) is 11.9. The Bertz CT molecular complexity index is 1440. The largest absolute Gasteiger partial charge is 0.494 e. The lowest BCUT2D eigenvalue weighted by Gasteiger charge is -2.15. The molecule has 37 heavy (non-hydrogen) atoms. The Kier molecular flexibility index (Phi) is 7.90. The fourth-order valence-electron chi connectivity index (χ4n) is 3.28. The van der Waals surface area contributed by atoms with Crippen molar-refractivity contribution >= 4 is 33.9 Å². The average Bonchev–Trinajstić information content (AvgIpc) is 3.62. The number of allylic oxidation sites excluding steroid dienone is 1. The molecular weight excluding hydrogens is 507 g/mol. The van der Waals surface area contributed by atoms with E-state index < -0.39 is 24.0 Å². The number of aromatic nitrogens is 4. The minimum absolute atomic E-state index is 0.0168. The van der Waals surface area contributed by atoms with Crippen molar-refractivity contribution in [2.75, 3.05) is 19.5 Å². The zero-order valence-corrected chi connectivity index (χ0v) is 20.5. The molecule has 0 aliphatic heterocycles. The molecule has 13 heteroatoms. The van der Waals surface area contributed by atoms with E-state index in [9.17, 15) is 18.0 Å². The monoisotopic (exact) mass is 528 g/mol. The summed E-state index contributed by atoms with van der Waals surface area (Å²) < 4.78 is 46.2. The maximum Gasteiger partial charge on any atom is 0.280 e. The second-order valence-corrected chi connectivity index (χ2v) is 8.84. The molecule has 1 aliphatic rings. The molecule has 0 radical (unpaired) electrons. The standard InChI is InChI=1S/C24H20F3N7O2S/c1-29-9-16(22(27)28)17-7-13(14-8-18(21(25)26)31-11-19(14)36-2)15(10-30-17)23(35)32-24-34-33-20(37-24)6-5-12-3-4-12/h7-12,21,28-29H,3-4H2,1-2H3,(H,32,34,35)/p+1/b16-9-,28-22?. The predicted octanol–water partition coefficient (Wildman–Crippen LogP) is 3.44. The SMILES string of the molecule is C[NH2+]/C=C(\C(=N)F)c1cc(-c2cc(C(F)F)ncc2OC)c(C(=O)Nc2nnc(C#CC3CC3)s2)cn1. The number of carbonyl (C=O) groups excluding carboxylic acids is 1. The van der Waals surface area contributed by atoms with Crippen molar-refractivity contribution < 1.29 is 28.0 Å². The summed E-state index contributed by atoms with van der Waals surface area (Å²) in [4.78, 5) is 21.1. The molecule has 0 bridgehead atoms. The zero-order chi connectivity index (χ0) is 26.5. The summed E-state index contributed by atoms with van der Waals surface area (Å²) in [6, 6.07) is 2.42. The van der Waals surface area contributed by atoms with Crippen LogP contribution in [0.5, 0.6) is 5.75 Å². The number of nitrogens with one attached hydrogen (secondary N) is 2. The molecule has 3 aromatic heterocycles. The van der Waals surface area contributed by atoms with Crippen LogP contribution in [0.25, 0.3) is 16.7 Å². The van der Waals surface area contributed by atoms with E-state index in [-0.39, 0.29) is 38.8 Å². The number of amides is 1. The minimum atomic E-state index is -2.89. The van der Waals surface area contributed by atoms with Crippen molar-refractivity contribution in [1.82, 2.24) is 20.2 Å². The van der Waals surface area contributed by atoms with Crippen LogP contribution in [-0.4, -0.2) is 46.2 Å². The highest BCUT2D eigenvalue weighted by molar-refractivity contribution is 7.15. The van der Waals surface area contributed by atoms with E-state index >= 15 is 0 Å². The van der Waals surface area contributed by atoms with Gasteiger partial charge in [-0.05, 0) is 30.9 Å². The first-order chi connectivity index (χ1) is 17.8. The van der Waals surface area contributed by atoms with Crippen LogP contribution in [0.2, 0.25) is 0 Å². The van der Waals surface area contributed by atoms with E-state index in [0.717, 1.165) is 36.4 Å². The summed E-state index contributed by atoms with van der Waals surface area (Å²) in [7, 11) is 2.96. The summed E-state index contributed by atoms with van der Waals surface area (Å²) in [5, 5.41) is 20.1. The van der Waals surface area contributed by atoms with E-state index in [1.807, 2.05) is 0 Å². The number of nitrogens with zero attached hydrogens (tertiary/aromatic N) is 4. The van der Waals surface area contributed by atoms with E-state index in [1.165, 1.54) is 30.9 Å². The first-order valence-electron chi connectivity index (χ1n) is 11.0. The van der Waals surface area contributed by atoms with Gasteiger partial charge >= 0.3 is 0 Å². The van der Waals surface area contributed by atoms with Gasteiger partial charge in [0.25, 0.3) is 12.3 Å². The minimum Gasteiger partial charge on any atom is -0.494 e. The van der Waals surface area contributed by atoms with E-state index in [4.69, 9.17) is 10.1 Å². The van der Waals surface area contributed by atoms with E-state index in [1.54, 1.807) is 7.05 Å². The van der Waals surface area contributed by atoms with Gasteiger partial charge in [0.2, 0.25) is 11.1 Å². The van der Waals surface area contributed by atoms with Gasteiger partial charge in [-0.1, -0.05) is 17.3 Å². The molecule has 0 atom stereocenters. The number of carbonyl (C=O) groups is 1. The van der Waals surface area contributed by atoms with Crippen molar-refractivity contribution in [3.8, 4) is 28.7 Å². The predicted molar refractivity (Wildman–Crippen MR) is 131 cm³/mol. The average molecular weight is 529 g/mol. The quantitative estimate of drug-likeness (QED) is 0.303. The Labute approximate surface area is 213 Å². The number of quaternary nitrogens is 1. The number of halogens is 3. The highest BCUT2D eigenvalue weighted by Crippen LogP contribution is 2.36. The van der Waals surface area contributed by atoms with Crippen LogP contribution in [0.15, 0.2) is 30.7 Å². The lowest BCUT2D eigenvalue weighted by Crippen LogP contribution is -2.73. The second kappa shape index (κ2) is 11.3. The number of alkyl halides is 2. The molecule has 3 aromatic rings. The van der Waals surface area contributed by atoms with Crippen molar-refractivity contribution in [3.63, 3.8) is 0 Å². The Balaban J connectivity index is 1.78. The Morgan fingerprint density at radius 2 is 2.05 bits per heavy atom. The zero-order valence-electron chi connectivity index (χ0n) is 19.7. The number of ether oxygens (including phenoxy) is 1. The van der Waals surface area contributed by atoms with E-state index in [0.29, 0.717) is 10.9 Å². The van der Waals surface area contributed by atoms with Gasteiger partial charge in [0.1, 0.15) is 23.2 Å². The molecule has 1 amide bonds. The number of hydrogen-bond acceptors (Lipinski definition) is 8. The molecule has 190 valence electrons. The van der Waals surface area contributed by atoms with Gasteiger partial charge in [0, 0.05) is 23.2 Å². The number of anilines is 1. The number of pyridine rings is 2. The van der Waals surface area contributed by atoms with Gasteiger partial charge in [-0.2, -0.15) is 4.39 Å². The smallest absolute Gasteiger partial charge is 0.280 e. The molecule has 1 aliphatic carbocycles. The van der Waals surface area contributed by atoms with Gasteiger partial charge in [0.15, 0.2) is 5.01 Å². The molecule has 1 fully saturated rings. The van der Waals surface area contributed by atoms with Crippen molar-refractivity contribution in [2.24, 2.45) is 5.92 Å². The van der Waals surface area contributed by atoms with Gasteiger partial charge in [-0.25, -0.2) is 8.78 Å². The lowest BCUT2D eigenvalue weighted by molar-refractivity contribution is -0.555. The normalized spacial score (nSPS) is 13.2. The Hall–Kier alpha value is -4.15. The summed E-state index contributed by atoms with van der Waals surface area (Å²) in [5.41, 5.74) is -0.479. The van der Waals surface area contributed by atoms with Gasteiger partial charge in [0.05, 0.1) is 31.6 Å². The highest BCUT2D eigenvalue weighted by Gasteiger charge is 2.23. The first kappa shape index (κ1) is 25.9. The molecule has 4 rings (SSSR count). The molecule has 3 heterocycles. The van der Waals surface area contributed by atoms with Crippen molar-refractivity contribution in [1.29, 1.82) is 5.41 Å². The maximum atomic E-state index is 14.0. The molecule has 4 N–H and O–H groups in total. The second-order valence-electron chi connectivity index (χ2n) is 7.86. The molecule has 0 spiro atoms. The van der Waals surface area contributed by atoms with Crippen LogP contribution in [0.3, 0.4) is 0 Å². The fraction of sp³-hybridized carbons (Fsp3) is 0.250. The summed E-state index contributed by atoms with van der Waals surface area (Å²) in [6.45, 7) is 0. The van der Waals surface area contributed by atoms with Crippen LogP contribution < -0.4 is 15.4 Å².